The van der Waals surface area contributed by atoms with Crippen LogP contribution in [0.1, 0.15) is 37.6 Å². The molecule has 1 rings (SSSR count). The Balaban J connectivity index is 2.26. The molecule has 0 aliphatic heterocycles. The molecule has 3 nitrogen and oxygen atoms in total. The highest BCUT2D eigenvalue weighted by atomic mass is 79.9. The van der Waals surface area contributed by atoms with Gasteiger partial charge in [-0.15, -0.1) is 0 Å². The second-order valence-electron chi connectivity index (χ2n) is 4.18. The lowest BCUT2D eigenvalue weighted by Crippen LogP contribution is -2.16. The zero-order valence-corrected chi connectivity index (χ0v) is 12.1. The first-order chi connectivity index (χ1) is 7.66. The van der Waals surface area contributed by atoms with E-state index in [1.54, 1.807) is 0 Å². The number of aryl methyl sites for hydroxylation is 2. The van der Waals surface area contributed by atoms with Crippen molar-refractivity contribution in [2.24, 2.45) is 7.05 Å². The number of nitrogens with zero attached hydrogens (tertiary/aromatic N) is 2. The number of nitrogens with one attached hydrogen (secondary N) is 1. The van der Waals surface area contributed by atoms with Crippen molar-refractivity contribution in [1.29, 1.82) is 0 Å². The molecule has 0 atom stereocenters. The summed E-state index contributed by atoms with van der Waals surface area (Å²) in [7, 11) is 2.02. The maximum absolute atomic E-state index is 4.39. The lowest BCUT2D eigenvalue weighted by molar-refractivity contribution is 0.600. The van der Waals surface area contributed by atoms with Crippen molar-refractivity contribution >= 4 is 15.9 Å². The molecule has 0 radical (unpaired) electrons. The summed E-state index contributed by atoms with van der Waals surface area (Å²) in [5, 5.41) is 7.81. The monoisotopic (exact) mass is 287 g/mol. The fourth-order valence-corrected chi connectivity index (χ4v) is 2.33. The minimum absolute atomic E-state index is 1.08. The van der Waals surface area contributed by atoms with Crippen LogP contribution in [0.25, 0.3) is 0 Å². The number of rotatable bonds is 7. The van der Waals surface area contributed by atoms with Gasteiger partial charge in [0.05, 0.1) is 15.9 Å². The fraction of sp³-hybridized carbons (Fsp3) is 0.750. The van der Waals surface area contributed by atoms with E-state index in [2.05, 4.69) is 33.3 Å². The smallest absolute Gasteiger partial charge is 0.0738 e. The van der Waals surface area contributed by atoms with Gasteiger partial charge < -0.3 is 5.32 Å². The van der Waals surface area contributed by atoms with E-state index in [-0.39, 0.29) is 0 Å². The average Bonchev–Trinajstić information content (AvgIpc) is 2.49. The Morgan fingerprint density at radius 2 is 2.06 bits per heavy atom. The van der Waals surface area contributed by atoms with Gasteiger partial charge in [0.2, 0.25) is 0 Å². The van der Waals surface area contributed by atoms with Crippen molar-refractivity contribution in [3.63, 3.8) is 0 Å². The fourth-order valence-electron chi connectivity index (χ4n) is 1.80. The topological polar surface area (TPSA) is 29.9 Å². The van der Waals surface area contributed by atoms with Crippen LogP contribution in [-0.2, 0) is 13.5 Å². The zero-order valence-electron chi connectivity index (χ0n) is 10.5. The van der Waals surface area contributed by atoms with E-state index < -0.39 is 0 Å². The van der Waals surface area contributed by atoms with Gasteiger partial charge >= 0.3 is 0 Å². The standard InChI is InChI=1S/C12H22BrN3/c1-4-8-14-9-6-5-7-11-12(13)10(2)15-16(11)3/h14H,4-9H2,1-3H3. The average molecular weight is 288 g/mol. The van der Waals surface area contributed by atoms with Crippen molar-refractivity contribution in [3.8, 4) is 0 Å². The van der Waals surface area contributed by atoms with E-state index in [0.29, 0.717) is 0 Å². The van der Waals surface area contributed by atoms with E-state index in [4.69, 9.17) is 0 Å². The molecule has 1 aromatic rings. The van der Waals surface area contributed by atoms with Gasteiger partial charge in [0.25, 0.3) is 0 Å². The number of unbranched alkanes of at least 4 members (excludes halogenated alkanes) is 1. The molecule has 0 saturated heterocycles. The summed E-state index contributed by atoms with van der Waals surface area (Å²) in [4.78, 5) is 0. The molecule has 0 amide bonds. The quantitative estimate of drug-likeness (QED) is 0.782. The van der Waals surface area contributed by atoms with Gasteiger partial charge in [-0.2, -0.15) is 5.10 Å². The predicted octanol–water partition coefficient (Wildman–Crippen LogP) is 2.81. The van der Waals surface area contributed by atoms with E-state index in [1.165, 1.54) is 29.4 Å². The summed E-state index contributed by atoms with van der Waals surface area (Å²) in [6, 6.07) is 0. The normalized spacial score (nSPS) is 11.0. The first-order valence-corrected chi connectivity index (χ1v) is 6.84. The lowest BCUT2D eigenvalue weighted by Gasteiger charge is -2.04. The van der Waals surface area contributed by atoms with Gasteiger partial charge in [-0.3, -0.25) is 4.68 Å². The molecule has 1 N–H and O–H groups in total. The van der Waals surface area contributed by atoms with Gasteiger partial charge in [0.15, 0.2) is 0 Å². The Kier molecular flexibility index (Phi) is 6.06. The third-order valence-corrected chi connectivity index (χ3v) is 3.74. The van der Waals surface area contributed by atoms with Crippen LogP contribution in [-0.4, -0.2) is 22.9 Å². The summed E-state index contributed by atoms with van der Waals surface area (Å²) in [6.07, 6.45) is 4.77. The number of hydrogen-bond donors (Lipinski definition) is 1. The highest BCUT2D eigenvalue weighted by molar-refractivity contribution is 9.10. The summed E-state index contributed by atoms with van der Waals surface area (Å²) in [5.74, 6) is 0. The van der Waals surface area contributed by atoms with Crippen LogP contribution >= 0.6 is 15.9 Å². The van der Waals surface area contributed by atoms with E-state index in [0.717, 1.165) is 25.2 Å². The molecule has 16 heavy (non-hydrogen) atoms. The molecule has 1 aromatic heterocycles. The van der Waals surface area contributed by atoms with Crippen molar-refractivity contribution in [2.45, 2.75) is 39.5 Å². The Hall–Kier alpha value is -0.350. The second-order valence-corrected chi connectivity index (χ2v) is 4.97. The maximum atomic E-state index is 4.39. The molecule has 92 valence electrons. The highest BCUT2D eigenvalue weighted by Crippen LogP contribution is 2.21. The van der Waals surface area contributed by atoms with Crippen molar-refractivity contribution in [3.05, 3.63) is 15.9 Å². The van der Waals surface area contributed by atoms with E-state index in [1.807, 2.05) is 18.7 Å². The Bertz CT molecular complexity index is 320. The molecule has 0 spiro atoms. The summed E-state index contributed by atoms with van der Waals surface area (Å²) in [5.41, 5.74) is 2.40. The second kappa shape index (κ2) is 7.07. The third-order valence-electron chi connectivity index (χ3n) is 2.71. The molecule has 0 aliphatic carbocycles. The van der Waals surface area contributed by atoms with Crippen molar-refractivity contribution < 1.29 is 0 Å². The molecular formula is C12H22BrN3. The molecule has 0 bridgehead atoms. The van der Waals surface area contributed by atoms with Crippen LogP contribution in [0, 0.1) is 6.92 Å². The maximum Gasteiger partial charge on any atom is 0.0738 e. The molecular weight excluding hydrogens is 266 g/mol. The van der Waals surface area contributed by atoms with Crippen LogP contribution in [0.2, 0.25) is 0 Å². The van der Waals surface area contributed by atoms with Crippen LogP contribution < -0.4 is 5.32 Å². The summed E-state index contributed by atoms with van der Waals surface area (Å²) < 4.78 is 3.16. The Morgan fingerprint density at radius 3 is 2.62 bits per heavy atom. The first kappa shape index (κ1) is 13.7. The zero-order chi connectivity index (χ0) is 12.0. The number of aromatic nitrogens is 2. The largest absolute Gasteiger partial charge is 0.317 e. The van der Waals surface area contributed by atoms with Crippen LogP contribution in [0.4, 0.5) is 0 Å². The van der Waals surface area contributed by atoms with Crippen molar-refractivity contribution in [1.82, 2.24) is 15.1 Å². The predicted molar refractivity (Wildman–Crippen MR) is 71.7 cm³/mol. The van der Waals surface area contributed by atoms with Gasteiger partial charge in [0, 0.05) is 7.05 Å². The third kappa shape index (κ3) is 3.91. The Labute approximate surface area is 107 Å². The van der Waals surface area contributed by atoms with Gasteiger partial charge in [-0.25, -0.2) is 0 Å². The minimum Gasteiger partial charge on any atom is -0.317 e. The summed E-state index contributed by atoms with van der Waals surface area (Å²) in [6.45, 7) is 6.50. The lowest BCUT2D eigenvalue weighted by atomic mass is 10.2. The van der Waals surface area contributed by atoms with Crippen LogP contribution in [0.3, 0.4) is 0 Å². The minimum atomic E-state index is 1.08. The van der Waals surface area contributed by atoms with Gasteiger partial charge in [-0.1, -0.05) is 6.92 Å². The highest BCUT2D eigenvalue weighted by Gasteiger charge is 2.09. The number of halogens is 1. The first-order valence-electron chi connectivity index (χ1n) is 6.05. The molecule has 0 saturated carbocycles. The molecule has 0 aromatic carbocycles. The Morgan fingerprint density at radius 1 is 1.31 bits per heavy atom. The molecule has 4 heteroatoms. The van der Waals surface area contributed by atoms with Gasteiger partial charge in [-0.05, 0) is 61.6 Å². The molecule has 1 heterocycles. The molecule has 0 fully saturated rings. The molecule has 0 aliphatic rings. The van der Waals surface area contributed by atoms with Gasteiger partial charge in [0.1, 0.15) is 0 Å². The van der Waals surface area contributed by atoms with Crippen LogP contribution in [0.5, 0.6) is 0 Å². The summed E-state index contributed by atoms with van der Waals surface area (Å²) >= 11 is 3.60. The van der Waals surface area contributed by atoms with E-state index >= 15 is 0 Å². The number of hydrogen-bond acceptors (Lipinski definition) is 2. The van der Waals surface area contributed by atoms with Crippen molar-refractivity contribution in [2.75, 3.05) is 13.1 Å². The molecule has 0 unspecified atom stereocenters. The van der Waals surface area contributed by atoms with E-state index in [9.17, 15) is 0 Å². The van der Waals surface area contributed by atoms with Crippen LogP contribution in [0.15, 0.2) is 4.47 Å². The SMILES string of the molecule is CCCNCCCCc1c(Br)c(C)nn1C.